The zero-order valence-electron chi connectivity index (χ0n) is 16.5. The predicted molar refractivity (Wildman–Crippen MR) is 127 cm³/mol. The summed E-state index contributed by atoms with van der Waals surface area (Å²) in [5.41, 5.74) is 7.22. The Bertz CT molecular complexity index is 1340. The largest absolute Gasteiger partial charge is 0.0836 e. The molecule has 0 bridgehead atoms. The summed E-state index contributed by atoms with van der Waals surface area (Å²) in [6.45, 7) is 4.24. The highest BCUT2D eigenvalue weighted by atomic mass is 35.5. The summed E-state index contributed by atoms with van der Waals surface area (Å²) >= 11 is 6.81. The van der Waals surface area contributed by atoms with Crippen LogP contribution in [-0.4, -0.2) is 0 Å². The Balaban J connectivity index is 1.98. The molecule has 5 aromatic rings. The SMILES string of the molecule is Cc1ccc(-c2c(Cl)ccc3cc4ccccc4c(-c4ccc(C)cc4)c23)cc1. The van der Waals surface area contributed by atoms with E-state index in [1.54, 1.807) is 0 Å². The van der Waals surface area contributed by atoms with Crippen LogP contribution in [0.2, 0.25) is 5.02 Å². The van der Waals surface area contributed by atoms with Crippen molar-refractivity contribution in [1.29, 1.82) is 0 Å². The molecule has 0 heterocycles. The Morgan fingerprint density at radius 1 is 0.552 bits per heavy atom. The molecule has 1 heteroatoms. The molecule has 0 radical (unpaired) electrons. The molecule has 0 atom stereocenters. The zero-order valence-corrected chi connectivity index (χ0v) is 17.3. The van der Waals surface area contributed by atoms with Crippen LogP contribution in [0, 0.1) is 13.8 Å². The highest BCUT2D eigenvalue weighted by Crippen LogP contribution is 2.44. The van der Waals surface area contributed by atoms with Gasteiger partial charge in [0.25, 0.3) is 0 Å². The topological polar surface area (TPSA) is 0 Å². The fourth-order valence-electron chi connectivity index (χ4n) is 4.16. The summed E-state index contributed by atoms with van der Waals surface area (Å²) in [5, 5.41) is 5.69. The summed E-state index contributed by atoms with van der Waals surface area (Å²) in [4.78, 5) is 0. The zero-order chi connectivity index (χ0) is 20.0. The van der Waals surface area contributed by atoms with Gasteiger partial charge in [0.1, 0.15) is 0 Å². The number of benzene rings is 5. The minimum atomic E-state index is 0.782. The van der Waals surface area contributed by atoms with E-state index in [-0.39, 0.29) is 0 Å². The van der Waals surface area contributed by atoms with Crippen LogP contribution in [0.3, 0.4) is 0 Å². The van der Waals surface area contributed by atoms with E-state index < -0.39 is 0 Å². The molecule has 0 nitrogen and oxygen atoms in total. The molecule has 5 aromatic carbocycles. The second-order valence-corrected chi connectivity index (χ2v) is 8.13. The fraction of sp³-hybridized carbons (Fsp3) is 0.0714. The molecular weight excluding hydrogens is 372 g/mol. The van der Waals surface area contributed by atoms with Crippen LogP contribution >= 0.6 is 11.6 Å². The van der Waals surface area contributed by atoms with Crippen molar-refractivity contribution in [1.82, 2.24) is 0 Å². The van der Waals surface area contributed by atoms with E-state index in [0.717, 1.165) is 16.1 Å². The molecule has 0 fully saturated rings. The van der Waals surface area contributed by atoms with Crippen LogP contribution in [0.4, 0.5) is 0 Å². The Morgan fingerprint density at radius 2 is 1.14 bits per heavy atom. The summed E-state index contributed by atoms with van der Waals surface area (Å²) in [6.07, 6.45) is 0. The third kappa shape index (κ3) is 3.10. The third-order valence-electron chi connectivity index (χ3n) is 5.66. The molecule has 0 aromatic heterocycles. The van der Waals surface area contributed by atoms with E-state index in [1.165, 1.54) is 43.8 Å². The maximum absolute atomic E-state index is 6.81. The molecule has 29 heavy (non-hydrogen) atoms. The Kier molecular flexibility index (Phi) is 4.38. The highest BCUT2D eigenvalue weighted by molar-refractivity contribution is 6.36. The lowest BCUT2D eigenvalue weighted by Crippen LogP contribution is -1.91. The van der Waals surface area contributed by atoms with E-state index >= 15 is 0 Å². The lowest BCUT2D eigenvalue weighted by atomic mass is 9.87. The van der Waals surface area contributed by atoms with Crippen LogP contribution in [0.25, 0.3) is 43.8 Å². The van der Waals surface area contributed by atoms with E-state index in [9.17, 15) is 0 Å². The molecule has 140 valence electrons. The van der Waals surface area contributed by atoms with E-state index in [1.807, 2.05) is 6.07 Å². The Hall–Kier alpha value is -3.09. The molecule has 0 N–H and O–H groups in total. The standard InChI is InChI=1S/C28H21Cl/c1-18-7-11-20(12-8-18)26-24-6-4-3-5-22(24)17-23-15-16-25(29)27(28(23)26)21-13-9-19(2)10-14-21/h3-17H,1-2H3. The molecule has 0 aliphatic rings. The van der Waals surface area contributed by atoms with Crippen molar-refractivity contribution in [2.24, 2.45) is 0 Å². The van der Waals surface area contributed by atoms with Crippen molar-refractivity contribution in [3.63, 3.8) is 0 Å². The first-order valence-electron chi connectivity index (χ1n) is 9.90. The lowest BCUT2D eigenvalue weighted by Gasteiger charge is -2.17. The molecule has 0 aliphatic heterocycles. The monoisotopic (exact) mass is 392 g/mol. The van der Waals surface area contributed by atoms with Gasteiger partial charge in [-0.3, -0.25) is 0 Å². The van der Waals surface area contributed by atoms with Gasteiger partial charge in [-0.1, -0.05) is 102 Å². The van der Waals surface area contributed by atoms with Gasteiger partial charge in [-0.2, -0.15) is 0 Å². The smallest absolute Gasteiger partial charge is 0.0491 e. The van der Waals surface area contributed by atoms with Crippen LogP contribution in [-0.2, 0) is 0 Å². The second kappa shape index (κ2) is 7.06. The van der Waals surface area contributed by atoms with Gasteiger partial charge in [-0.25, -0.2) is 0 Å². The number of aryl methyl sites for hydroxylation is 2. The number of hydrogen-bond acceptors (Lipinski definition) is 0. The minimum Gasteiger partial charge on any atom is -0.0836 e. The number of hydrogen-bond donors (Lipinski definition) is 0. The van der Waals surface area contributed by atoms with Crippen LogP contribution < -0.4 is 0 Å². The van der Waals surface area contributed by atoms with Gasteiger partial charge in [0, 0.05) is 10.6 Å². The first-order valence-corrected chi connectivity index (χ1v) is 10.3. The van der Waals surface area contributed by atoms with E-state index in [4.69, 9.17) is 11.6 Å². The Morgan fingerprint density at radius 3 is 1.79 bits per heavy atom. The Labute approximate surface area is 176 Å². The average molecular weight is 393 g/mol. The summed E-state index contributed by atoms with van der Waals surface area (Å²) < 4.78 is 0. The number of fused-ring (bicyclic) bond motifs is 2. The fourth-order valence-corrected chi connectivity index (χ4v) is 4.42. The van der Waals surface area contributed by atoms with Crippen LogP contribution in [0.15, 0.2) is 91.0 Å². The summed E-state index contributed by atoms with van der Waals surface area (Å²) in [6, 6.07) is 32.5. The molecule has 0 unspecified atom stereocenters. The summed E-state index contributed by atoms with van der Waals surface area (Å²) in [7, 11) is 0. The van der Waals surface area contributed by atoms with Crippen molar-refractivity contribution < 1.29 is 0 Å². The van der Waals surface area contributed by atoms with Crippen LogP contribution in [0.5, 0.6) is 0 Å². The third-order valence-corrected chi connectivity index (χ3v) is 5.97. The minimum absolute atomic E-state index is 0.782. The van der Waals surface area contributed by atoms with Gasteiger partial charge < -0.3 is 0 Å². The molecule has 5 rings (SSSR count). The normalized spacial score (nSPS) is 11.3. The number of rotatable bonds is 2. The van der Waals surface area contributed by atoms with Gasteiger partial charge in [0.15, 0.2) is 0 Å². The second-order valence-electron chi connectivity index (χ2n) is 7.73. The summed E-state index contributed by atoms with van der Waals surface area (Å²) in [5.74, 6) is 0. The molecule has 0 amide bonds. The molecule has 0 saturated heterocycles. The molecule has 0 saturated carbocycles. The van der Waals surface area contributed by atoms with Crippen LogP contribution in [0.1, 0.15) is 11.1 Å². The van der Waals surface area contributed by atoms with Crippen molar-refractivity contribution in [3.8, 4) is 22.3 Å². The van der Waals surface area contributed by atoms with Gasteiger partial charge in [0.2, 0.25) is 0 Å². The van der Waals surface area contributed by atoms with Crippen molar-refractivity contribution in [2.45, 2.75) is 13.8 Å². The van der Waals surface area contributed by atoms with Crippen molar-refractivity contribution in [2.75, 3.05) is 0 Å². The van der Waals surface area contributed by atoms with Gasteiger partial charge >= 0.3 is 0 Å². The lowest BCUT2D eigenvalue weighted by molar-refractivity contribution is 1.47. The van der Waals surface area contributed by atoms with Crippen molar-refractivity contribution in [3.05, 3.63) is 107 Å². The number of halogens is 1. The van der Waals surface area contributed by atoms with E-state index in [2.05, 4.69) is 98.8 Å². The quantitative estimate of drug-likeness (QED) is 0.264. The van der Waals surface area contributed by atoms with Gasteiger partial charge in [0.05, 0.1) is 0 Å². The molecule has 0 aliphatic carbocycles. The maximum Gasteiger partial charge on any atom is 0.0491 e. The van der Waals surface area contributed by atoms with Gasteiger partial charge in [-0.15, -0.1) is 0 Å². The van der Waals surface area contributed by atoms with Gasteiger partial charge in [-0.05, 0) is 64.2 Å². The first-order chi connectivity index (χ1) is 14.1. The average Bonchev–Trinajstić information content (AvgIpc) is 2.74. The maximum atomic E-state index is 6.81. The van der Waals surface area contributed by atoms with Crippen molar-refractivity contribution >= 4 is 33.1 Å². The molecular formula is C28H21Cl. The van der Waals surface area contributed by atoms with E-state index in [0.29, 0.717) is 0 Å². The molecule has 0 spiro atoms. The first kappa shape index (κ1) is 18.0. The highest BCUT2D eigenvalue weighted by Gasteiger charge is 2.16. The predicted octanol–water partition coefficient (Wildman–Crippen LogP) is 8.60.